The molecule has 2 N–H and O–H groups in total. The zero-order valence-electron chi connectivity index (χ0n) is 10.5. The summed E-state index contributed by atoms with van der Waals surface area (Å²) in [5.74, 6) is -0.258. The van der Waals surface area contributed by atoms with Crippen LogP contribution in [0.15, 0.2) is 17.1 Å². The summed E-state index contributed by atoms with van der Waals surface area (Å²) < 4.78 is 1.76. The Kier molecular flexibility index (Phi) is 4.38. The molecular formula is C13H20N2O3. The molecule has 0 atom stereocenters. The lowest BCUT2D eigenvalue weighted by molar-refractivity contribution is 0.211. The quantitative estimate of drug-likeness (QED) is 0.820. The molecular weight excluding hydrogens is 232 g/mol. The van der Waals surface area contributed by atoms with Crippen molar-refractivity contribution in [3.63, 3.8) is 0 Å². The molecule has 0 aromatic carbocycles. The fraction of sp³-hybridized carbons (Fsp3) is 0.615. The van der Waals surface area contributed by atoms with Gasteiger partial charge < -0.3 is 14.8 Å². The monoisotopic (exact) mass is 252 g/mol. The molecule has 1 aliphatic heterocycles. The zero-order chi connectivity index (χ0) is 13.0. The van der Waals surface area contributed by atoms with Crippen LogP contribution in [0.25, 0.3) is 0 Å². The van der Waals surface area contributed by atoms with Crippen LogP contribution in [0, 0.1) is 0 Å². The molecule has 1 aromatic heterocycles. The Morgan fingerprint density at radius 1 is 1.22 bits per heavy atom. The number of hydrogen-bond donors (Lipinski definition) is 2. The number of aromatic hydroxyl groups is 1. The van der Waals surface area contributed by atoms with Gasteiger partial charge in [0.2, 0.25) is 5.43 Å². The molecule has 0 unspecified atom stereocenters. The van der Waals surface area contributed by atoms with E-state index < -0.39 is 0 Å². The first-order valence-electron chi connectivity index (χ1n) is 6.46. The Morgan fingerprint density at radius 2 is 1.94 bits per heavy atom. The minimum atomic E-state index is -0.351. The van der Waals surface area contributed by atoms with Crippen molar-refractivity contribution < 1.29 is 10.2 Å². The molecule has 18 heavy (non-hydrogen) atoms. The number of aliphatic hydroxyl groups is 1. The van der Waals surface area contributed by atoms with Gasteiger partial charge in [-0.3, -0.25) is 9.69 Å². The van der Waals surface area contributed by atoms with Gasteiger partial charge in [-0.25, -0.2) is 0 Å². The van der Waals surface area contributed by atoms with E-state index in [-0.39, 0.29) is 17.8 Å². The SMILES string of the molecule is O=c1cc(CN2CCCCC2)n(CCO)cc1O. The van der Waals surface area contributed by atoms with Crippen molar-refractivity contribution in [3.8, 4) is 5.75 Å². The lowest BCUT2D eigenvalue weighted by Crippen LogP contribution is -2.31. The van der Waals surface area contributed by atoms with Gasteiger partial charge in [0.25, 0.3) is 0 Å². The normalized spacial score (nSPS) is 16.9. The minimum absolute atomic E-state index is 0.00465. The van der Waals surface area contributed by atoms with Crippen LogP contribution in [0.3, 0.4) is 0 Å². The number of aliphatic hydroxyl groups excluding tert-OH is 1. The van der Waals surface area contributed by atoms with E-state index in [1.54, 1.807) is 4.57 Å². The van der Waals surface area contributed by atoms with Crippen LogP contribution in [0.5, 0.6) is 5.75 Å². The third-order valence-electron chi connectivity index (χ3n) is 3.37. The molecule has 2 heterocycles. The van der Waals surface area contributed by atoms with Crippen LogP contribution < -0.4 is 5.43 Å². The molecule has 5 heteroatoms. The summed E-state index contributed by atoms with van der Waals surface area (Å²) in [5, 5.41) is 18.4. The molecule has 0 bridgehead atoms. The summed E-state index contributed by atoms with van der Waals surface area (Å²) in [6.45, 7) is 3.20. The minimum Gasteiger partial charge on any atom is -0.503 e. The van der Waals surface area contributed by atoms with Gasteiger partial charge in [-0.15, -0.1) is 0 Å². The Balaban J connectivity index is 2.18. The van der Waals surface area contributed by atoms with E-state index in [1.165, 1.54) is 31.5 Å². The van der Waals surface area contributed by atoms with Crippen LogP contribution in [0.1, 0.15) is 25.0 Å². The Bertz CT molecular complexity index is 450. The third kappa shape index (κ3) is 3.11. The fourth-order valence-electron chi connectivity index (χ4n) is 2.40. The zero-order valence-corrected chi connectivity index (χ0v) is 10.5. The van der Waals surface area contributed by atoms with Crippen molar-refractivity contribution >= 4 is 0 Å². The maximum Gasteiger partial charge on any atom is 0.223 e. The molecule has 1 aromatic rings. The lowest BCUT2D eigenvalue weighted by Gasteiger charge is -2.27. The van der Waals surface area contributed by atoms with Crippen LogP contribution >= 0.6 is 0 Å². The van der Waals surface area contributed by atoms with Gasteiger partial charge in [0, 0.05) is 24.8 Å². The van der Waals surface area contributed by atoms with E-state index in [4.69, 9.17) is 5.11 Å². The second-order valence-electron chi connectivity index (χ2n) is 4.77. The van der Waals surface area contributed by atoms with Gasteiger partial charge >= 0.3 is 0 Å². The number of pyridine rings is 1. The van der Waals surface area contributed by atoms with E-state index in [9.17, 15) is 9.90 Å². The summed E-state index contributed by atoms with van der Waals surface area (Å²) in [4.78, 5) is 13.8. The van der Waals surface area contributed by atoms with E-state index in [1.807, 2.05) is 0 Å². The molecule has 0 radical (unpaired) electrons. The van der Waals surface area contributed by atoms with Gasteiger partial charge in [-0.05, 0) is 25.9 Å². The van der Waals surface area contributed by atoms with Crippen molar-refractivity contribution in [2.45, 2.75) is 32.4 Å². The van der Waals surface area contributed by atoms with Crippen molar-refractivity contribution in [2.24, 2.45) is 0 Å². The third-order valence-corrected chi connectivity index (χ3v) is 3.37. The second kappa shape index (κ2) is 6.02. The predicted molar refractivity (Wildman–Crippen MR) is 68.6 cm³/mol. The number of likely N-dealkylation sites (tertiary alicyclic amines) is 1. The highest BCUT2D eigenvalue weighted by Crippen LogP contribution is 2.13. The van der Waals surface area contributed by atoms with Crippen molar-refractivity contribution in [3.05, 3.63) is 28.2 Å². The summed E-state index contributed by atoms with van der Waals surface area (Å²) in [6.07, 6.45) is 5.08. The van der Waals surface area contributed by atoms with E-state index >= 15 is 0 Å². The van der Waals surface area contributed by atoms with Gasteiger partial charge in [0.15, 0.2) is 5.75 Å². The van der Waals surface area contributed by atoms with Gasteiger partial charge in [0.05, 0.1) is 12.8 Å². The molecule has 0 aliphatic carbocycles. The molecule has 0 saturated carbocycles. The molecule has 1 aliphatic rings. The van der Waals surface area contributed by atoms with Gasteiger partial charge in [-0.1, -0.05) is 6.42 Å². The lowest BCUT2D eigenvalue weighted by atomic mass is 10.1. The summed E-state index contributed by atoms with van der Waals surface area (Å²) in [7, 11) is 0. The Morgan fingerprint density at radius 3 is 2.61 bits per heavy atom. The smallest absolute Gasteiger partial charge is 0.223 e. The topological polar surface area (TPSA) is 65.7 Å². The highest BCUT2D eigenvalue weighted by molar-refractivity contribution is 5.20. The fourth-order valence-corrected chi connectivity index (χ4v) is 2.40. The number of nitrogens with zero attached hydrogens (tertiary/aromatic N) is 2. The highest BCUT2D eigenvalue weighted by Gasteiger charge is 2.13. The van der Waals surface area contributed by atoms with Crippen LogP contribution in [-0.2, 0) is 13.1 Å². The summed E-state index contributed by atoms with van der Waals surface area (Å²) >= 11 is 0. The van der Waals surface area contributed by atoms with Crippen LogP contribution in [0.4, 0.5) is 0 Å². The van der Waals surface area contributed by atoms with Crippen molar-refractivity contribution in [2.75, 3.05) is 19.7 Å². The maximum atomic E-state index is 11.5. The first-order valence-corrected chi connectivity index (χ1v) is 6.46. The number of aromatic nitrogens is 1. The molecule has 0 spiro atoms. The van der Waals surface area contributed by atoms with E-state index in [0.717, 1.165) is 18.8 Å². The van der Waals surface area contributed by atoms with Gasteiger partial charge in [-0.2, -0.15) is 0 Å². The summed E-state index contributed by atoms with van der Waals surface area (Å²) in [5.41, 5.74) is 0.505. The first kappa shape index (κ1) is 13.1. The van der Waals surface area contributed by atoms with Gasteiger partial charge in [0.1, 0.15) is 0 Å². The van der Waals surface area contributed by atoms with E-state index in [0.29, 0.717) is 13.1 Å². The summed E-state index contributed by atoms with van der Waals surface area (Å²) in [6, 6.07) is 1.47. The first-order chi connectivity index (χ1) is 8.70. The van der Waals surface area contributed by atoms with Crippen LogP contribution in [-0.4, -0.2) is 39.4 Å². The molecule has 100 valence electrons. The molecule has 5 nitrogen and oxygen atoms in total. The predicted octanol–water partition coefficient (Wildman–Crippen LogP) is 0.532. The largest absolute Gasteiger partial charge is 0.503 e. The molecule has 1 saturated heterocycles. The highest BCUT2D eigenvalue weighted by atomic mass is 16.3. The average molecular weight is 252 g/mol. The van der Waals surface area contributed by atoms with Crippen molar-refractivity contribution in [1.82, 2.24) is 9.47 Å². The van der Waals surface area contributed by atoms with E-state index in [2.05, 4.69) is 4.90 Å². The average Bonchev–Trinajstić information content (AvgIpc) is 2.37. The molecule has 2 rings (SSSR count). The number of rotatable bonds is 4. The Labute approximate surface area is 106 Å². The molecule has 0 amide bonds. The standard InChI is InChI=1S/C13H20N2O3/c16-7-6-15-10-13(18)12(17)8-11(15)9-14-4-2-1-3-5-14/h8,10,16,18H,1-7,9H2. The second-order valence-corrected chi connectivity index (χ2v) is 4.77. The Hall–Kier alpha value is -1.33. The van der Waals surface area contributed by atoms with Crippen molar-refractivity contribution in [1.29, 1.82) is 0 Å². The van der Waals surface area contributed by atoms with Crippen LogP contribution in [0.2, 0.25) is 0 Å². The molecule has 1 fully saturated rings. The number of hydrogen-bond acceptors (Lipinski definition) is 4. The maximum absolute atomic E-state index is 11.5. The number of piperidine rings is 1.